The summed E-state index contributed by atoms with van der Waals surface area (Å²) < 4.78 is 2.29. The maximum atomic E-state index is 5.00. The van der Waals surface area contributed by atoms with E-state index in [-0.39, 0.29) is 0 Å². The number of aromatic nitrogens is 2. The van der Waals surface area contributed by atoms with E-state index >= 15 is 0 Å². The Labute approximate surface area is 212 Å². The lowest BCUT2D eigenvalue weighted by molar-refractivity contribution is -0.660. The first-order valence-electron chi connectivity index (χ1n) is 12.8. The van der Waals surface area contributed by atoms with Crippen molar-refractivity contribution in [3.05, 3.63) is 118 Å². The highest BCUT2D eigenvalue weighted by Gasteiger charge is 2.35. The highest BCUT2D eigenvalue weighted by molar-refractivity contribution is 5.99. The van der Waals surface area contributed by atoms with Crippen LogP contribution < -0.4 is 4.57 Å². The zero-order chi connectivity index (χ0) is 24.6. The van der Waals surface area contributed by atoms with Crippen LogP contribution in [0.4, 0.5) is 0 Å². The smallest absolute Gasteiger partial charge is 0.213 e. The minimum absolute atomic E-state index is 0.882. The lowest BCUT2D eigenvalue weighted by Gasteiger charge is -2.18. The molecule has 0 radical (unpaired) electrons. The predicted octanol–water partition coefficient (Wildman–Crippen LogP) is 7.31. The Balaban J connectivity index is 1.53. The second kappa shape index (κ2) is 7.73. The molecule has 0 aliphatic heterocycles. The molecule has 0 bridgehead atoms. The molecular formula is C34H29N2+. The zero-order valence-corrected chi connectivity index (χ0v) is 21.3. The van der Waals surface area contributed by atoms with Crippen LogP contribution in [0.5, 0.6) is 0 Å². The van der Waals surface area contributed by atoms with Gasteiger partial charge in [-0.25, -0.2) is 4.57 Å². The maximum absolute atomic E-state index is 5.00. The van der Waals surface area contributed by atoms with E-state index in [1.807, 2.05) is 0 Å². The topological polar surface area (TPSA) is 16.8 Å². The molecule has 0 fully saturated rings. The largest absolute Gasteiger partial charge is 0.257 e. The van der Waals surface area contributed by atoms with Gasteiger partial charge in [0.25, 0.3) is 0 Å². The Hall–Kier alpha value is -4.04. The fourth-order valence-corrected chi connectivity index (χ4v) is 6.32. The van der Waals surface area contributed by atoms with E-state index < -0.39 is 0 Å². The van der Waals surface area contributed by atoms with Crippen molar-refractivity contribution in [2.24, 2.45) is 7.05 Å². The molecule has 0 amide bonds. The van der Waals surface area contributed by atoms with E-state index in [0.717, 1.165) is 18.5 Å². The summed E-state index contributed by atoms with van der Waals surface area (Å²) in [4.78, 5) is 5.00. The summed E-state index contributed by atoms with van der Waals surface area (Å²) in [5.74, 6) is 0. The van der Waals surface area contributed by atoms with Crippen LogP contribution in [0.3, 0.4) is 0 Å². The molecule has 5 aromatic rings. The first kappa shape index (κ1) is 21.3. The number of fused-ring (bicyclic) bond motifs is 7. The minimum atomic E-state index is 0.882. The van der Waals surface area contributed by atoms with E-state index in [1.165, 1.54) is 78.1 Å². The van der Waals surface area contributed by atoms with E-state index in [4.69, 9.17) is 4.98 Å². The van der Waals surface area contributed by atoms with Gasteiger partial charge in [-0.2, -0.15) is 0 Å². The fourth-order valence-electron chi connectivity index (χ4n) is 6.32. The molecule has 2 heterocycles. The molecule has 0 atom stereocenters. The van der Waals surface area contributed by atoms with Crippen molar-refractivity contribution >= 4 is 0 Å². The third-order valence-corrected chi connectivity index (χ3v) is 8.15. The molecule has 7 rings (SSSR count). The average molecular weight is 466 g/mol. The summed E-state index contributed by atoms with van der Waals surface area (Å²) in [6.45, 7) is 6.57. The van der Waals surface area contributed by atoms with Crippen molar-refractivity contribution in [2.75, 3.05) is 0 Å². The van der Waals surface area contributed by atoms with Gasteiger partial charge in [0.2, 0.25) is 5.69 Å². The molecule has 2 aromatic heterocycles. The normalized spacial score (nSPS) is 12.8. The van der Waals surface area contributed by atoms with Crippen LogP contribution in [-0.2, 0) is 19.9 Å². The molecule has 0 spiro atoms. The monoisotopic (exact) mass is 465 g/mol. The van der Waals surface area contributed by atoms with E-state index in [9.17, 15) is 0 Å². The number of pyridine rings is 2. The molecule has 0 saturated carbocycles. The van der Waals surface area contributed by atoms with E-state index in [2.05, 4.69) is 111 Å². The molecule has 2 heteroatoms. The summed E-state index contributed by atoms with van der Waals surface area (Å²) >= 11 is 0. The lowest BCUT2D eigenvalue weighted by Crippen LogP contribution is -2.31. The van der Waals surface area contributed by atoms with Crippen molar-refractivity contribution in [1.29, 1.82) is 0 Å². The zero-order valence-electron chi connectivity index (χ0n) is 21.3. The van der Waals surface area contributed by atoms with Gasteiger partial charge in [-0.1, -0.05) is 60.2 Å². The Kier molecular flexibility index (Phi) is 4.56. The van der Waals surface area contributed by atoms with E-state index in [1.54, 1.807) is 0 Å². The minimum Gasteiger partial charge on any atom is -0.257 e. The SMILES string of the molecule is Cc1ccc(-c2cc[n+](C)c(-c3c(C)c4c(c5c3Cc3nc(C)ccc3-5)-c3ccccc3C4)c2)cc1. The van der Waals surface area contributed by atoms with Crippen molar-refractivity contribution < 1.29 is 4.57 Å². The predicted molar refractivity (Wildman–Crippen MR) is 147 cm³/mol. The molecule has 0 saturated heterocycles. The number of rotatable bonds is 2. The quantitative estimate of drug-likeness (QED) is 0.245. The van der Waals surface area contributed by atoms with Crippen LogP contribution in [0.15, 0.2) is 79.0 Å². The Bertz CT molecular complexity index is 1710. The van der Waals surface area contributed by atoms with Gasteiger partial charge < -0.3 is 0 Å². The number of aryl methyl sites for hydroxylation is 3. The second-order valence-electron chi connectivity index (χ2n) is 10.4. The maximum Gasteiger partial charge on any atom is 0.213 e. The first-order chi connectivity index (χ1) is 17.5. The molecule has 2 aliphatic rings. The molecule has 2 aliphatic carbocycles. The second-order valence-corrected chi connectivity index (χ2v) is 10.4. The molecule has 0 N–H and O–H groups in total. The summed E-state index contributed by atoms with van der Waals surface area (Å²) in [5, 5.41) is 0. The van der Waals surface area contributed by atoms with Gasteiger partial charge in [-0.3, -0.25) is 4.98 Å². The van der Waals surface area contributed by atoms with Gasteiger partial charge in [-0.15, -0.1) is 0 Å². The average Bonchev–Trinajstić information content (AvgIpc) is 3.44. The molecule has 2 nitrogen and oxygen atoms in total. The molecule has 174 valence electrons. The number of hydrogen-bond donors (Lipinski definition) is 0. The standard InChI is InChI=1S/C34H29N2/c1-20-9-12-23(13-10-20)24-15-16-36(4)31(18-24)32-22(3)28-17-25-7-5-6-8-26(25)33(28)34-27-14-11-21(2)35-30(27)19-29(32)34/h5-16,18H,17,19H2,1-4H3/q+1. The van der Waals surface area contributed by atoms with Crippen LogP contribution in [-0.4, -0.2) is 4.98 Å². The van der Waals surface area contributed by atoms with Gasteiger partial charge in [-0.05, 0) is 83.3 Å². The third kappa shape index (κ3) is 3.04. The molecule has 36 heavy (non-hydrogen) atoms. The summed E-state index contributed by atoms with van der Waals surface area (Å²) in [7, 11) is 2.17. The van der Waals surface area contributed by atoms with Gasteiger partial charge in [0, 0.05) is 29.8 Å². The summed E-state index contributed by atoms with van der Waals surface area (Å²) in [5.41, 5.74) is 20.0. The summed E-state index contributed by atoms with van der Waals surface area (Å²) in [6, 6.07) is 26.9. The highest BCUT2D eigenvalue weighted by Crippen LogP contribution is 2.53. The van der Waals surface area contributed by atoms with Crippen molar-refractivity contribution in [1.82, 2.24) is 4.98 Å². The number of nitrogens with zero attached hydrogens (tertiary/aromatic N) is 2. The van der Waals surface area contributed by atoms with Crippen LogP contribution in [0.2, 0.25) is 0 Å². The van der Waals surface area contributed by atoms with Crippen LogP contribution in [0, 0.1) is 20.8 Å². The van der Waals surface area contributed by atoms with Gasteiger partial charge in [0.05, 0.1) is 11.3 Å². The molecule has 3 aromatic carbocycles. The van der Waals surface area contributed by atoms with Gasteiger partial charge in [0.1, 0.15) is 7.05 Å². The fraction of sp³-hybridized carbons (Fsp3) is 0.176. The first-order valence-corrected chi connectivity index (χ1v) is 12.8. The number of benzene rings is 3. The van der Waals surface area contributed by atoms with Crippen LogP contribution in [0.1, 0.15) is 39.2 Å². The van der Waals surface area contributed by atoms with Crippen LogP contribution in [0.25, 0.3) is 44.6 Å². The van der Waals surface area contributed by atoms with Crippen molar-refractivity contribution in [2.45, 2.75) is 33.6 Å². The Morgan fingerprint density at radius 1 is 0.694 bits per heavy atom. The van der Waals surface area contributed by atoms with Crippen molar-refractivity contribution in [3.8, 4) is 44.6 Å². The van der Waals surface area contributed by atoms with Crippen molar-refractivity contribution in [3.63, 3.8) is 0 Å². The molecule has 0 unspecified atom stereocenters. The molecular weight excluding hydrogens is 436 g/mol. The highest BCUT2D eigenvalue weighted by atomic mass is 14.9. The van der Waals surface area contributed by atoms with E-state index in [0.29, 0.717) is 0 Å². The number of hydrogen-bond acceptors (Lipinski definition) is 1. The Morgan fingerprint density at radius 2 is 1.47 bits per heavy atom. The third-order valence-electron chi connectivity index (χ3n) is 8.15. The van der Waals surface area contributed by atoms with Gasteiger partial charge >= 0.3 is 0 Å². The van der Waals surface area contributed by atoms with Crippen LogP contribution >= 0.6 is 0 Å². The van der Waals surface area contributed by atoms with Gasteiger partial charge in [0.15, 0.2) is 6.20 Å². The lowest BCUT2D eigenvalue weighted by atomic mass is 9.85. The summed E-state index contributed by atoms with van der Waals surface area (Å²) in [6.07, 6.45) is 4.09. The Morgan fingerprint density at radius 3 is 2.31 bits per heavy atom.